The Hall–Kier alpha value is -3.50. The van der Waals surface area contributed by atoms with Gasteiger partial charge in [0.15, 0.2) is 6.54 Å². The molecule has 0 aliphatic heterocycles. The number of hydrogen-bond donors (Lipinski definition) is 2. The highest BCUT2D eigenvalue weighted by molar-refractivity contribution is 5.92. The molecule has 2 aromatic heterocycles. The Kier molecular flexibility index (Phi) is 6.60. The van der Waals surface area contributed by atoms with E-state index in [1.54, 1.807) is 13.4 Å². The zero-order valence-corrected chi connectivity index (χ0v) is 17.8. The van der Waals surface area contributed by atoms with Crippen LogP contribution in [-0.4, -0.2) is 31.2 Å². The summed E-state index contributed by atoms with van der Waals surface area (Å²) in [7, 11) is 3.60. The fourth-order valence-electron chi connectivity index (χ4n) is 3.49. The molecule has 3 aromatic rings. The number of amides is 1. The number of nitrogens with one attached hydrogen (secondary N) is 2. The zero-order valence-electron chi connectivity index (χ0n) is 17.8. The predicted molar refractivity (Wildman–Crippen MR) is 114 cm³/mol. The smallest absolute Gasteiger partial charge is 0.280 e. The van der Waals surface area contributed by atoms with Crippen molar-refractivity contribution in [3.8, 4) is 11.8 Å². The van der Waals surface area contributed by atoms with Crippen LogP contribution in [-0.2, 0) is 17.9 Å². The molecule has 2 N–H and O–H groups in total. The van der Waals surface area contributed by atoms with Gasteiger partial charge in [-0.25, -0.2) is 0 Å². The van der Waals surface area contributed by atoms with E-state index >= 15 is 0 Å². The maximum absolute atomic E-state index is 12.8. The molecule has 0 saturated heterocycles. The van der Waals surface area contributed by atoms with Crippen molar-refractivity contribution in [2.45, 2.75) is 26.9 Å². The normalized spacial score (nSPS) is 11.7. The van der Waals surface area contributed by atoms with Crippen LogP contribution in [0, 0.1) is 25.2 Å². The molecule has 2 heterocycles. The van der Waals surface area contributed by atoms with E-state index in [1.165, 1.54) is 0 Å². The second-order valence-electron chi connectivity index (χ2n) is 7.42. The Morgan fingerprint density at radius 1 is 1.27 bits per heavy atom. The third-order valence-electron chi connectivity index (χ3n) is 5.22. The summed E-state index contributed by atoms with van der Waals surface area (Å²) >= 11 is 0. The number of hydrogen-bond acceptors (Lipinski definition) is 4. The summed E-state index contributed by atoms with van der Waals surface area (Å²) in [5, 5.41) is 12.6. The molecule has 0 aliphatic rings. The number of carbonyl (C=O) groups excluding carboxylic acids is 1. The van der Waals surface area contributed by atoms with Crippen LogP contribution in [0.3, 0.4) is 0 Å². The number of methoxy groups -OCH3 is 1. The van der Waals surface area contributed by atoms with Crippen LogP contribution < -0.4 is 15.0 Å². The highest BCUT2D eigenvalue weighted by Crippen LogP contribution is 2.27. The van der Waals surface area contributed by atoms with Gasteiger partial charge in [0.2, 0.25) is 0 Å². The van der Waals surface area contributed by atoms with Gasteiger partial charge in [0.05, 0.1) is 32.5 Å². The van der Waals surface area contributed by atoms with Crippen LogP contribution in [0.15, 0.2) is 47.1 Å². The Morgan fingerprint density at radius 3 is 2.60 bits per heavy atom. The van der Waals surface area contributed by atoms with Crippen LogP contribution in [0.2, 0.25) is 0 Å². The fourth-order valence-corrected chi connectivity index (χ4v) is 3.49. The molecule has 0 aliphatic carbocycles. The van der Waals surface area contributed by atoms with Crippen LogP contribution in [0.5, 0.6) is 5.75 Å². The minimum absolute atomic E-state index is 0.143. The highest BCUT2D eigenvalue weighted by atomic mass is 16.5. The third-order valence-corrected chi connectivity index (χ3v) is 5.22. The van der Waals surface area contributed by atoms with Crippen LogP contribution in [0.25, 0.3) is 0 Å². The molecule has 0 saturated carbocycles. The summed E-state index contributed by atoms with van der Waals surface area (Å²) in [6, 6.07) is 13.7. The lowest BCUT2D eigenvalue weighted by molar-refractivity contribution is -0.885. The molecule has 1 atom stereocenters. The minimum Gasteiger partial charge on any atom is -0.497 e. The van der Waals surface area contributed by atoms with Gasteiger partial charge in [-0.1, -0.05) is 0 Å². The van der Waals surface area contributed by atoms with Crippen LogP contribution in [0.4, 0.5) is 5.82 Å². The lowest BCUT2D eigenvalue weighted by Crippen LogP contribution is -3.08. The Bertz CT molecular complexity index is 1040. The number of benzene rings is 1. The van der Waals surface area contributed by atoms with E-state index in [0.717, 1.165) is 33.2 Å². The second kappa shape index (κ2) is 9.33. The van der Waals surface area contributed by atoms with Crippen LogP contribution in [0.1, 0.15) is 28.1 Å². The lowest BCUT2D eigenvalue weighted by Gasteiger charge is -2.16. The van der Waals surface area contributed by atoms with Gasteiger partial charge >= 0.3 is 0 Å². The number of rotatable bonds is 8. The predicted octanol–water partition coefficient (Wildman–Crippen LogP) is 2.28. The standard InChI is InChI=1S/C23H26N4O3/c1-16-17(2)27(14-20-6-5-11-30-20)23(21(16)12-24)25-22(28)15-26(3)13-18-7-9-19(29-4)10-8-18/h5-11H,13-15H2,1-4H3,(H,25,28)/p+1. The zero-order chi connectivity index (χ0) is 21.7. The molecule has 0 radical (unpaired) electrons. The van der Waals surface area contributed by atoms with E-state index in [2.05, 4.69) is 11.4 Å². The minimum atomic E-state index is -0.143. The van der Waals surface area contributed by atoms with Crippen molar-refractivity contribution in [3.05, 3.63) is 70.8 Å². The van der Waals surface area contributed by atoms with Gasteiger partial charge in [0, 0.05) is 11.3 Å². The Morgan fingerprint density at radius 2 is 2.00 bits per heavy atom. The number of furan rings is 1. The molecule has 7 nitrogen and oxygen atoms in total. The van der Waals surface area contributed by atoms with Gasteiger partial charge in [0.25, 0.3) is 5.91 Å². The first-order chi connectivity index (χ1) is 14.4. The molecular formula is C23H27N4O3+. The van der Waals surface area contributed by atoms with Crippen molar-refractivity contribution in [2.75, 3.05) is 26.0 Å². The van der Waals surface area contributed by atoms with E-state index < -0.39 is 0 Å². The lowest BCUT2D eigenvalue weighted by atomic mass is 10.2. The van der Waals surface area contributed by atoms with Gasteiger partial charge < -0.3 is 23.9 Å². The SMILES string of the molecule is COc1ccc(C[NH+](C)CC(=O)Nc2c(C#N)c(C)c(C)n2Cc2ccco2)cc1. The molecule has 1 unspecified atom stereocenters. The van der Waals surface area contributed by atoms with Gasteiger partial charge in [-0.05, 0) is 55.8 Å². The summed E-state index contributed by atoms with van der Waals surface area (Å²) < 4.78 is 12.6. The topological polar surface area (TPSA) is 84.6 Å². The van der Waals surface area contributed by atoms with Gasteiger partial charge in [0.1, 0.15) is 29.9 Å². The number of carbonyl (C=O) groups is 1. The Labute approximate surface area is 176 Å². The number of ether oxygens (including phenoxy) is 1. The fraction of sp³-hybridized carbons (Fsp3) is 0.304. The van der Waals surface area contributed by atoms with Crippen molar-refractivity contribution in [2.24, 2.45) is 0 Å². The number of nitrogens with zero attached hydrogens (tertiary/aromatic N) is 2. The number of quaternary nitrogens is 1. The molecule has 156 valence electrons. The number of aromatic nitrogens is 1. The van der Waals surface area contributed by atoms with Crippen molar-refractivity contribution in [1.29, 1.82) is 5.26 Å². The van der Waals surface area contributed by atoms with Crippen molar-refractivity contribution >= 4 is 11.7 Å². The highest BCUT2D eigenvalue weighted by Gasteiger charge is 2.21. The van der Waals surface area contributed by atoms with Gasteiger partial charge in [-0.3, -0.25) is 4.79 Å². The molecule has 7 heteroatoms. The maximum atomic E-state index is 12.8. The van der Waals surface area contributed by atoms with Gasteiger partial charge in [-0.2, -0.15) is 5.26 Å². The van der Waals surface area contributed by atoms with E-state index in [1.807, 2.05) is 61.9 Å². The molecule has 0 fully saturated rings. The first-order valence-corrected chi connectivity index (χ1v) is 9.79. The first kappa shape index (κ1) is 21.2. The monoisotopic (exact) mass is 407 g/mol. The summed E-state index contributed by atoms with van der Waals surface area (Å²) in [6.07, 6.45) is 1.61. The van der Waals surface area contributed by atoms with Crippen molar-refractivity contribution in [3.63, 3.8) is 0 Å². The summed E-state index contributed by atoms with van der Waals surface area (Å²) in [5.41, 5.74) is 3.39. The molecule has 3 rings (SSSR count). The Balaban J connectivity index is 1.72. The molecule has 30 heavy (non-hydrogen) atoms. The molecular weight excluding hydrogens is 380 g/mol. The van der Waals surface area contributed by atoms with Crippen molar-refractivity contribution < 1.29 is 18.8 Å². The second-order valence-corrected chi connectivity index (χ2v) is 7.42. The molecule has 0 spiro atoms. The van der Waals surface area contributed by atoms with E-state index in [0.29, 0.717) is 24.5 Å². The van der Waals surface area contributed by atoms with Crippen molar-refractivity contribution in [1.82, 2.24) is 4.57 Å². The van der Waals surface area contributed by atoms with Gasteiger partial charge in [-0.15, -0.1) is 0 Å². The number of anilines is 1. The maximum Gasteiger partial charge on any atom is 0.280 e. The van der Waals surface area contributed by atoms with E-state index in [-0.39, 0.29) is 12.5 Å². The number of nitriles is 1. The third kappa shape index (κ3) is 4.73. The number of likely N-dealkylation sites (N-methyl/N-ethyl adjacent to an activating group) is 1. The summed E-state index contributed by atoms with van der Waals surface area (Å²) in [5.74, 6) is 1.94. The average Bonchev–Trinajstić information content (AvgIpc) is 3.31. The average molecular weight is 407 g/mol. The quantitative estimate of drug-likeness (QED) is 0.600. The first-order valence-electron chi connectivity index (χ1n) is 9.79. The molecule has 1 aromatic carbocycles. The van der Waals surface area contributed by atoms with E-state index in [4.69, 9.17) is 9.15 Å². The summed E-state index contributed by atoms with van der Waals surface area (Å²) in [6.45, 7) is 5.26. The van der Waals surface area contributed by atoms with E-state index in [9.17, 15) is 10.1 Å². The van der Waals surface area contributed by atoms with Crippen LogP contribution >= 0.6 is 0 Å². The molecule has 0 bridgehead atoms. The largest absolute Gasteiger partial charge is 0.497 e. The molecule has 1 amide bonds. The summed E-state index contributed by atoms with van der Waals surface area (Å²) in [4.78, 5) is 13.8.